The molecule has 2 aliphatic rings. The maximum Gasteiger partial charge on any atom is 0.0702 e. The predicted octanol–water partition coefficient (Wildman–Crippen LogP) is 3.43. The molecule has 1 saturated carbocycles. The van der Waals surface area contributed by atoms with E-state index in [9.17, 15) is 0 Å². The van der Waals surface area contributed by atoms with Crippen LogP contribution >= 0.6 is 0 Å². The first-order chi connectivity index (χ1) is 10.1. The maximum atomic E-state index is 5.91. The molecule has 1 N–H and O–H groups in total. The van der Waals surface area contributed by atoms with E-state index in [0.717, 1.165) is 19.7 Å². The van der Waals surface area contributed by atoms with Crippen LogP contribution in [0.25, 0.3) is 0 Å². The van der Waals surface area contributed by atoms with Crippen LogP contribution in [0, 0.1) is 5.41 Å². The van der Waals surface area contributed by atoms with Gasteiger partial charge < -0.3 is 10.1 Å². The number of rotatable bonds is 6. The number of ether oxygens (including phenoxy) is 1. The largest absolute Gasteiger partial charge is 0.377 e. The fourth-order valence-corrected chi connectivity index (χ4v) is 4.35. The van der Waals surface area contributed by atoms with Gasteiger partial charge in [-0.3, -0.25) is 4.90 Å². The van der Waals surface area contributed by atoms with Crippen LogP contribution in [0.5, 0.6) is 0 Å². The Kier molecular flexibility index (Phi) is 6.51. The van der Waals surface area contributed by atoms with Gasteiger partial charge in [0.2, 0.25) is 0 Å². The molecule has 3 heteroatoms. The highest BCUT2D eigenvalue weighted by Crippen LogP contribution is 2.38. The van der Waals surface area contributed by atoms with Gasteiger partial charge in [0.1, 0.15) is 0 Å². The highest BCUT2D eigenvalue weighted by Gasteiger charge is 2.42. The van der Waals surface area contributed by atoms with E-state index in [2.05, 4.69) is 37.9 Å². The second-order valence-corrected chi connectivity index (χ2v) is 7.59. The SMILES string of the molecule is CCCNC1C(N2CCCC(OCC)C2)CCCC1(C)C. The van der Waals surface area contributed by atoms with Crippen LogP contribution < -0.4 is 5.32 Å². The van der Waals surface area contributed by atoms with Gasteiger partial charge in [-0.15, -0.1) is 0 Å². The van der Waals surface area contributed by atoms with Gasteiger partial charge in [0, 0.05) is 25.2 Å². The van der Waals surface area contributed by atoms with Crippen LogP contribution in [0.4, 0.5) is 0 Å². The Labute approximate surface area is 131 Å². The van der Waals surface area contributed by atoms with Gasteiger partial charge >= 0.3 is 0 Å². The first-order valence-corrected chi connectivity index (χ1v) is 9.17. The number of nitrogens with one attached hydrogen (secondary N) is 1. The Morgan fingerprint density at radius 2 is 2.00 bits per heavy atom. The first kappa shape index (κ1) is 17.2. The molecule has 0 aromatic carbocycles. The van der Waals surface area contributed by atoms with Crippen molar-refractivity contribution < 1.29 is 4.74 Å². The van der Waals surface area contributed by atoms with Gasteiger partial charge in [0.15, 0.2) is 0 Å². The third kappa shape index (κ3) is 4.43. The number of likely N-dealkylation sites (tertiary alicyclic amines) is 1. The average Bonchev–Trinajstić information content (AvgIpc) is 2.46. The van der Waals surface area contributed by atoms with Crippen molar-refractivity contribution in [3.8, 4) is 0 Å². The molecule has 3 atom stereocenters. The van der Waals surface area contributed by atoms with Crippen molar-refractivity contribution in [2.24, 2.45) is 5.41 Å². The summed E-state index contributed by atoms with van der Waals surface area (Å²) in [5, 5.41) is 3.87. The third-order valence-corrected chi connectivity index (χ3v) is 5.44. The van der Waals surface area contributed by atoms with Gasteiger partial charge in [-0.1, -0.05) is 27.2 Å². The highest BCUT2D eigenvalue weighted by molar-refractivity contribution is 4.99. The summed E-state index contributed by atoms with van der Waals surface area (Å²) >= 11 is 0. The van der Waals surface area contributed by atoms with Crippen molar-refractivity contribution in [1.29, 1.82) is 0 Å². The lowest BCUT2D eigenvalue weighted by Gasteiger charge is -2.50. The minimum atomic E-state index is 0.413. The van der Waals surface area contributed by atoms with Gasteiger partial charge in [-0.05, 0) is 57.5 Å². The summed E-state index contributed by atoms with van der Waals surface area (Å²) in [4.78, 5) is 2.73. The number of nitrogens with zero attached hydrogens (tertiary/aromatic N) is 1. The summed E-state index contributed by atoms with van der Waals surface area (Å²) < 4.78 is 5.91. The van der Waals surface area contributed by atoms with Crippen LogP contribution in [-0.4, -0.2) is 49.3 Å². The highest BCUT2D eigenvalue weighted by atomic mass is 16.5. The van der Waals surface area contributed by atoms with Crippen LogP contribution in [0.2, 0.25) is 0 Å². The van der Waals surface area contributed by atoms with E-state index in [4.69, 9.17) is 4.74 Å². The summed E-state index contributed by atoms with van der Waals surface area (Å²) in [5.74, 6) is 0. The van der Waals surface area contributed by atoms with Crippen molar-refractivity contribution in [1.82, 2.24) is 10.2 Å². The molecule has 0 radical (unpaired) electrons. The predicted molar refractivity (Wildman–Crippen MR) is 89.7 cm³/mol. The lowest BCUT2D eigenvalue weighted by atomic mass is 9.70. The van der Waals surface area contributed by atoms with Crippen molar-refractivity contribution in [2.45, 2.75) is 84.4 Å². The van der Waals surface area contributed by atoms with Crippen molar-refractivity contribution in [2.75, 3.05) is 26.2 Å². The van der Waals surface area contributed by atoms with E-state index in [0.29, 0.717) is 23.6 Å². The molecule has 1 saturated heterocycles. The Hall–Kier alpha value is -0.120. The zero-order chi connectivity index (χ0) is 15.3. The van der Waals surface area contributed by atoms with Crippen LogP contribution in [-0.2, 0) is 4.74 Å². The normalized spacial score (nSPS) is 34.0. The van der Waals surface area contributed by atoms with Gasteiger partial charge in [-0.25, -0.2) is 0 Å². The molecular formula is C18H36N2O. The molecule has 1 aliphatic carbocycles. The van der Waals surface area contributed by atoms with E-state index in [1.165, 1.54) is 45.1 Å². The zero-order valence-electron chi connectivity index (χ0n) is 14.7. The average molecular weight is 296 g/mol. The Morgan fingerprint density at radius 1 is 1.19 bits per heavy atom. The summed E-state index contributed by atoms with van der Waals surface area (Å²) in [5.41, 5.74) is 0.413. The van der Waals surface area contributed by atoms with Gasteiger partial charge in [0.25, 0.3) is 0 Å². The molecule has 0 amide bonds. The molecule has 0 aromatic rings. The molecule has 2 fully saturated rings. The molecule has 3 nitrogen and oxygen atoms in total. The summed E-state index contributed by atoms with van der Waals surface area (Å²) in [6.07, 6.45) is 8.30. The Balaban J connectivity index is 2.03. The van der Waals surface area contributed by atoms with Gasteiger partial charge in [-0.2, -0.15) is 0 Å². The quantitative estimate of drug-likeness (QED) is 0.812. The number of piperidine rings is 1. The molecule has 3 unspecified atom stereocenters. The van der Waals surface area contributed by atoms with E-state index < -0.39 is 0 Å². The molecule has 0 spiro atoms. The second kappa shape index (κ2) is 7.94. The Morgan fingerprint density at radius 3 is 2.71 bits per heavy atom. The van der Waals surface area contributed by atoms with Crippen LogP contribution in [0.3, 0.4) is 0 Å². The number of hydrogen-bond donors (Lipinski definition) is 1. The summed E-state index contributed by atoms with van der Waals surface area (Å²) in [6.45, 7) is 13.7. The van der Waals surface area contributed by atoms with Crippen molar-refractivity contribution in [3.63, 3.8) is 0 Å². The van der Waals surface area contributed by atoms with Crippen LogP contribution in [0.1, 0.15) is 66.2 Å². The van der Waals surface area contributed by atoms with Crippen molar-refractivity contribution >= 4 is 0 Å². The molecule has 0 aromatic heterocycles. The second-order valence-electron chi connectivity index (χ2n) is 7.59. The van der Waals surface area contributed by atoms with E-state index in [-0.39, 0.29) is 0 Å². The van der Waals surface area contributed by atoms with E-state index in [1.807, 2.05) is 0 Å². The molecular weight excluding hydrogens is 260 g/mol. The summed E-state index contributed by atoms with van der Waals surface area (Å²) in [6, 6.07) is 1.33. The van der Waals surface area contributed by atoms with E-state index in [1.54, 1.807) is 0 Å². The molecule has 21 heavy (non-hydrogen) atoms. The minimum Gasteiger partial charge on any atom is -0.377 e. The standard InChI is InChI=1S/C18H36N2O/c1-5-12-19-17-16(10-7-11-18(17,3)4)20-13-8-9-15(14-20)21-6-2/h15-17,19H,5-14H2,1-4H3. The zero-order valence-corrected chi connectivity index (χ0v) is 14.7. The van der Waals surface area contributed by atoms with Gasteiger partial charge in [0.05, 0.1) is 6.10 Å². The molecule has 2 rings (SSSR count). The molecule has 124 valence electrons. The minimum absolute atomic E-state index is 0.413. The smallest absolute Gasteiger partial charge is 0.0702 e. The first-order valence-electron chi connectivity index (χ1n) is 9.17. The lowest BCUT2D eigenvalue weighted by Crippen LogP contribution is -2.61. The molecule has 0 bridgehead atoms. The maximum absolute atomic E-state index is 5.91. The molecule has 1 heterocycles. The molecule has 1 aliphatic heterocycles. The topological polar surface area (TPSA) is 24.5 Å². The third-order valence-electron chi connectivity index (χ3n) is 5.44. The fraction of sp³-hybridized carbons (Fsp3) is 1.00. The lowest BCUT2D eigenvalue weighted by molar-refractivity contribution is -0.0330. The fourth-order valence-electron chi connectivity index (χ4n) is 4.35. The van der Waals surface area contributed by atoms with Crippen molar-refractivity contribution in [3.05, 3.63) is 0 Å². The van der Waals surface area contributed by atoms with Crippen LogP contribution in [0.15, 0.2) is 0 Å². The number of hydrogen-bond acceptors (Lipinski definition) is 3. The monoisotopic (exact) mass is 296 g/mol. The summed E-state index contributed by atoms with van der Waals surface area (Å²) in [7, 11) is 0. The Bertz CT molecular complexity index is 304. The van der Waals surface area contributed by atoms with E-state index >= 15 is 0 Å².